The first-order valence-electron chi connectivity index (χ1n) is 7.60. The van der Waals surface area contributed by atoms with Crippen molar-refractivity contribution in [1.82, 2.24) is 20.1 Å². The Hall–Kier alpha value is -2.29. The van der Waals surface area contributed by atoms with Crippen molar-refractivity contribution in [2.75, 3.05) is 18.9 Å². The van der Waals surface area contributed by atoms with Crippen molar-refractivity contribution in [3.8, 4) is 11.6 Å². The molecule has 130 valence electrons. The third kappa shape index (κ3) is 5.12. The highest BCUT2D eigenvalue weighted by Crippen LogP contribution is 2.22. The van der Waals surface area contributed by atoms with Crippen LogP contribution in [0.5, 0.6) is 0 Å². The van der Waals surface area contributed by atoms with Gasteiger partial charge >= 0.3 is 5.97 Å². The molecule has 2 rings (SSSR count). The summed E-state index contributed by atoms with van der Waals surface area (Å²) in [5.74, 6) is 1.10. The van der Waals surface area contributed by atoms with Crippen molar-refractivity contribution in [2.24, 2.45) is 7.05 Å². The van der Waals surface area contributed by atoms with Gasteiger partial charge in [0, 0.05) is 20.0 Å². The Morgan fingerprint density at radius 3 is 2.96 bits per heavy atom. The van der Waals surface area contributed by atoms with E-state index in [2.05, 4.69) is 15.5 Å². The molecule has 1 amide bonds. The molecule has 0 aliphatic rings. The monoisotopic (exact) mass is 352 g/mol. The van der Waals surface area contributed by atoms with Gasteiger partial charge in [0.1, 0.15) is 0 Å². The summed E-state index contributed by atoms with van der Waals surface area (Å²) in [6, 6.07) is 3.58. The largest absolute Gasteiger partial charge is 0.466 e. The van der Waals surface area contributed by atoms with Crippen LogP contribution >= 0.6 is 11.8 Å². The number of nitrogens with zero attached hydrogens (tertiary/aromatic N) is 3. The van der Waals surface area contributed by atoms with Gasteiger partial charge in [-0.15, -0.1) is 10.2 Å². The van der Waals surface area contributed by atoms with Crippen LogP contribution in [0.3, 0.4) is 0 Å². The molecule has 0 aliphatic heterocycles. The number of carbonyl (C=O) groups excluding carboxylic acids is 2. The molecule has 9 heteroatoms. The zero-order chi connectivity index (χ0) is 17.4. The minimum absolute atomic E-state index is 0.119. The molecule has 0 saturated carbocycles. The summed E-state index contributed by atoms with van der Waals surface area (Å²) in [6.07, 6.45) is 2.43. The first-order chi connectivity index (χ1) is 11.6. The highest BCUT2D eigenvalue weighted by Gasteiger charge is 2.14. The minimum Gasteiger partial charge on any atom is -0.466 e. The molecule has 2 aromatic rings. The number of rotatable bonds is 9. The number of nitrogens with one attached hydrogen (secondary N) is 1. The molecule has 2 heterocycles. The second-order valence-corrected chi connectivity index (χ2v) is 5.83. The smallest absolute Gasteiger partial charge is 0.305 e. The fourth-order valence-electron chi connectivity index (χ4n) is 1.94. The maximum atomic E-state index is 11.8. The molecule has 0 atom stereocenters. The van der Waals surface area contributed by atoms with Crippen molar-refractivity contribution in [2.45, 2.75) is 24.9 Å². The van der Waals surface area contributed by atoms with Gasteiger partial charge < -0.3 is 19.0 Å². The highest BCUT2D eigenvalue weighted by molar-refractivity contribution is 7.99. The number of furan rings is 1. The minimum atomic E-state index is -0.245. The summed E-state index contributed by atoms with van der Waals surface area (Å²) in [4.78, 5) is 23.0. The average Bonchev–Trinajstić information content (AvgIpc) is 3.19. The third-order valence-electron chi connectivity index (χ3n) is 3.09. The number of hydrogen-bond acceptors (Lipinski definition) is 7. The lowest BCUT2D eigenvalue weighted by molar-refractivity contribution is -0.143. The lowest BCUT2D eigenvalue weighted by Crippen LogP contribution is -2.26. The normalized spacial score (nSPS) is 10.6. The molecular weight excluding hydrogens is 332 g/mol. The van der Waals surface area contributed by atoms with Crippen LogP contribution in [0.15, 0.2) is 28.0 Å². The van der Waals surface area contributed by atoms with Crippen molar-refractivity contribution < 1.29 is 18.7 Å². The van der Waals surface area contributed by atoms with E-state index in [0.29, 0.717) is 42.7 Å². The van der Waals surface area contributed by atoms with Gasteiger partial charge in [0.15, 0.2) is 16.7 Å². The topological polar surface area (TPSA) is 99.2 Å². The molecule has 0 fully saturated rings. The van der Waals surface area contributed by atoms with E-state index in [0.717, 1.165) is 0 Å². The van der Waals surface area contributed by atoms with E-state index >= 15 is 0 Å². The van der Waals surface area contributed by atoms with Crippen LogP contribution in [0.25, 0.3) is 11.6 Å². The Balaban J connectivity index is 1.72. The first kappa shape index (κ1) is 18.1. The summed E-state index contributed by atoms with van der Waals surface area (Å²) in [5, 5.41) is 11.5. The second-order valence-electron chi connectivity index (χ2n) is 4.89. The molecule has 1 N–H and O–H groups in total. The quantitative estimate of drug-likeness (QED) is 0.416. The number of amides is 1. The molecular formula is C15H20N4O4S. The van der Waals surface area contributed by atoms with Gasteiger partial charge in [0.05, 0.1) is 18.6 Å². The number of esters is 1. The highest BCUT2D eigenvalue weighted by atomic mass is 32.2. The maximum absolute atomic E-state index is 11.8. The molecule has 0 aromatic carbocycles. The SMILES string of the molecule is CCOC(=O)CCCNC(=O)CSc1nnc(-c2ccco2)n1C. The molecule has 0 aliphatic carbocycles. The zero-order valence-corrected chi connectivity index (χ0v) is 14.5. The molecule has 2 aromatic heterocycles. The van der Waals surface area contributed by atoms with Crippen molar-refractivity contribution in [1.29, 1.82) is 0 Å². The van der Waals surface area contributed by atoms with Crippen molar-refractivity contribution >= 4 is 23.6 Å². The summed E-state index contributed by atoms with van der Waals surface area (Å²) in [7, 11) is 1.82. The van der Waals surface area contributed by atoms with Crippen LogP contribution in [-0.4, -0.2) is 45.5 Å². The first-order valence-corrected chi connectivity index (χ1v) is 8.58. The fraction of sp³-hybridized carbons (Fsp3) is 0.467. The van der Waals surface area contributed by atoms with E-state index in [1.807, 2.05) is 7.05 Å². The summed E-state index contributed by atoms with van der Waals surface area (Å²) >= 11 is 1.29. The number of carbonyl (C=O) groups is 2. The van der Waals surface area contributed by atoms with E-state index in [1.165, 1.54) is 11.8 Å². The summed E-state index contributed by atoms with van der Waals surface area (Å²) in [5.41, 5.74) is 0. The predicted octanol–water partition coefficient (Wildman–Crippen LogP) is 1.63. The summed E-state index contributed by atoms with van der Waals surface area (Å²) < 4.78 is 11.9. The molecule has 0 saturated heterocycles. The Labute approximate surface area is 144 Å². The van der Waals surface area contributed by atoms with Crippen LogP contribution < -0.4 is 5.32 Å². The van der Waals surface area contributed by atoms with Crippen LogP contribution in [0.1, 0.15) is 19.8 Å². The van der Waals surface area contributed by atoms with Gasteiger partial charge in [-0.1, -0.05) is 11.8 Å². The lowest BCUT2D eigenvalue weighted by Gasteiger charge is -2.05. The van der Waals surface area contributed by atoms with Crippen molar-refractivity contribution in [3.63, 3.8) is 0 Å². The Morgan fingerprint density at radius 2 is 2.25 bits per heavy atom. The van der Waals surface area contributed by atoms with E-state index < -0.39 is 0 Å². The van der Waals surface area contributed by atoms with Gasteiger partial charge in [-0.3, -0.25) is 9.59 Å². The van der Waals surface area contributed by atoms with Crippen LogP contribution in [0, 0.1) is 0 Å². The lowest BCUT2D eigenvalue weighted by atomic mass is 10.3. The molecule has 0 spiro atoms. The predicted molar refractivity (Wildman–Crippen MR) is 88.3 cm³/mol. The van der Waals surface area contributed by atoms with Crippen LogP contribution in [0.4, 0.5) is 0 Å². The number of hydrogen-bond donors (Lipinski definition) is 1. The van der Waals surface area contributed by atoms with Crippen molar-refractivity contribution in [3.05, 3.63) is 18.4 Å². The van der Waals surface area contributed by atoms with Crippen LogP contribution in [-0.2, 0) is 21.4 Å². The standard InChI is InChI=1S/C15H20N4O4S/c1-3-22-13(21)7-4-8-16-12(20)10-24-15-18-17-14(19(15)2)11-6-5-9-23-11/h5-6,9H,3-4,7-8,10H2,1-2H3,(H,16,20). The molecule has 24 heavy (non-hydrogen) atoms. The second kappa shape index (κ2) is 9.11. The van der Waals surface area contributed by atoms with Crippen LogP contribution in [0.2, 0.25) is 0 Å². The van der Waals surface area contributed by atoms with Gasteiger partial charge in [0.25, 0.3) is 0 Å². The average molecular weight is 352 g/mol. The maximum Gasteiger partial charge on any atom is 0.305 e. The Morgan fingerprint density at radius 1 is 1.42 bits per heavy atom. The third-order valence-corrected chi connectivity index (χ3v) is 4.11. The van der Waals surface area contributed by atoms with E-state index in [1.54, 1.807) is 29.9 Å². The number of thioether (sulfide) groups is 1. The van der Waals surface area contributed by atoms with E-state index in [4.69, 9.17) is 9.15 Å². The number of aromatic nitrogens is 3. The summed E-state index contributed by atoms with van der Waals surface area (Å²) in [6.45, 7) is 2.58. The Kier molecular flexibility index (Phi) is 6.86. The van der Waals surface area contributed by atoms with Gasteiger partial charge in [0.2, 0.25) is 5.91 Å². The number of ether oxygens (including phenoxy) is 1. The molecule has 8 nitrogen and oxygen atoms in total. The fourth-order valence-corrected chi connectivity index (χ4v) is 2.68. The van der Waals surface area contributed by atoms with Gasteiger partial charge in [-0.2, -0.15) is 0 Å². The van der Waals surface area contributed by atoms with E-state index in [-0.39, 0.29) is 17.6 Å². The van der Waals surface area contributed by atoms with Gasteiger partial charge in [-0.25, -0.2) is 0 Å². The Bertz CT molecular complexity index is 669. The molecule has 0 unspecified atom stereocenters. The molecule has 0 bridgehead atoms. The van der Waals surface area contributed by atoms with E-state index in [9.17, 15) is 9.59 Å². The molecule has 0 radical (unpaired) electrons. The van der Waals surface area contributed by atoms with Gasteiger partial charge in [-0.05, 0) is 25.5 Å². The zero-order valence-electron chi connectivity index (χ0n) is 13.7.